The number of likely N-dealkylation sites (tertiary alicyclic amines) is 1. The molecule has 1 aliphatic rings. The van der Waals surface area contributed by atoms with Gasteiger partial charge in [-0.2, -0.15) is 0 Å². The Morgan fingerprint density at radius 3 is 2.55 bits per heavy atom. The zero-order chi connectivity index (χ0) is 19.0. The first kappa shape index (κ1) is 23.2. The van der Waals surface area contributed by atoms with Gasteiger partial charge in [0.1, 0.15) is 5.82 Å². The lowest BCUT2D eigenvalue weighted by Crippen LogP contribution is -2.51. The third-order valence-electron chi connectivity index (χ3n) is 5.50. The number of hydrogen-bond acceptors (Lipinski definition) is 3. The molecule has 1 saturated heterocycles. The SMILES string of the molecule is Cc1nc2cc(C(=O)N3CCCCC3C(C)N)ccc2n1-c1ccccc1.Cl.Cl. The summed E-state index contributed by atoms with van der Waals surface area (Å²) < 4.78 is 2.12. The first-order valence-electron chi connectivity index (χ1n) is 9.67. The molecule has 7 heteroatoms. The van der Waals surface area contributed by atoms with Gasteiger partial charge in [-0.1, -0.05) is 18.2 Å². The number of carbonyl (C=O) groups is 1. The number of aromatic nitrogens is 2. The maximum Gasteiger partial charge on any atom is 0.254 e. The standard InChI is InChI=1S/C22H26N4O.2ClH/c1-15(23)20-10-6-7-13-25(20)22(27)17-11-12-21-19(14-17)24-16(2)26(21)18-8-4-3-5-9-18;;/h3-5,8-9,11-12,14-15,20H,6-7,10,13,23H2,1-2H3;2*1H. The van der Waals surface area contributed by atoms with Crippen molar-refractivity contribution in [2.45, 2.75) is 45.2 Å². The van der Waals surface area contributed by atoms with E-state index in [1.807, 2.05) is 55.1 Å². The van der Waals surface area contributed by atoms with E-state index in [1.165, 1.54) is 0 Å². The average molecular weight is 435 g/mol. The zero-order valence-corrected chi connectivity index (χ0v) is 18.4. The van der Waals surface area contributed by atoms with Crippen LogP contribution in [-0.4, -0.2) is 39.0 Å². The molecule has 29 heavy (non-hydrogen) atoms. The molecule has 0 radical (unpaired) electrons. The lowest BCUT2D eigenvalue weighted by atomic mass is 9.96. The fraction of sp³-hybridized carbons (Fsp3) is 0.364. The Bertz CT molecular complexity index is 972. The number of rotatable bonds is 3. The molecular weight excluding hydrogens is 407 g/mol. The van der Waals surface area contributed by atoms with E-state index >= 15 is 0 Å². The van der Waals surface area contributed by atoms with Crippen LogP contribution in [0.2, 0.25) is 0 Å². The number of nitrogens with zero attached hydrogens (tertiary/aromatic N) is 3. The molecule has 2 heterocycles. The largest absolute Gasteiger partial charge is 0.334 e. The van der Waals surface area contributed by atoms with Crippen molar-refractivity contribution in [1.82, 2.24) is 14.5 Å². The van der Waals surface area contributed by atoms with E-state index in [2.05, 4.69) is 16.7 Å². The van der Waals surface area contributed by atoms with Crippen LogP contribution in [0.4, 0.5) is 0 Å². The maximum atomic E-state index is 13.2. The number of imidazole rings is 1. The second kappa shape index (κ2) is 9.61. The van der Waals surface area contributed by atoms with Crippen molar-refractivity contribution in [2.24, 2.45) is 5.73 Å². The number of amides is 1. The molecule has 2 N–H and O–H groups in total. The monoisotopic (exact) mass is 434 g/mol. The van der Waals surface area contributed by atoms with Gasteiger partial charge in [0, 0.05) is 29.9 Å². The summed E-state index contributed by atoms with van der Waals surface area (Å²) in [7, 11) is 0. The van der Waals surface area contributed by atoms with Crippen LogP contribution in [0.15, 0.2) is 48.5 Å². The minimum atomic E-state index is -0.0162. The fourth-order valence-corrected chi connectivity index (χ4v) is 4.16. The summed E-state index contributed by atoms with van der Waals surface area (Å²) in [5.41, 5.74) is 9.76. The highest BCUT2D eigenvalue weighted by Gasteiger charge is 2.30. The lowest BCUT2D eigenvalue weighted by Gasteiger charge is -2.38. The lowest BCUT2D eigenvalue weighted by molar-refractivity contribution is 0.0584. The molecule has 0 aliphatic carbocycles. The molecule has 0 bridgehead atoms. The van der Waals surface area contributed by atoms with Crippen LogP contribution in [0.5, 0.6) is 0 Å². The number of hydrogen-bond donors (Lipinski definition) is 1. The summed E-state index contributed by atoms with van der Waals surface area (Å²) in [5, 5.41) is 0. The molecule has 0 spiro atoms. The minimum absolute atomic E-state index is 0. The van der Waals surface area contributed by atoms with Crippen molar-refractivity contribution in [3.8, 4) is 5.69 Å². The molecule has 4 rings (SSSR count). The highest BCUT2D eigenvalue weighted by molar-refractivity contribution is 5.98. The van der Waals surface area contributed by atoms with Crippen molar-refractivity contribution in [1.29, 1.82) is 0 Å². The first-order chi connectivity index (χ1) is 13.1. The number of fused-ring (bicyclic) bond motifs is 1. The molecule has 2 atom stereocenters. The summed E-state index contributed by atoms with van der Waals surface area (Å²) in [6, 6.07) is 16.1. The molecule has 1 aliphatic heterocycles. The third kappa shape index (κ3) is 4.42. The summed E-state index contributed by atoms with van der Waals surface area (Å²) in [4.78, 5) is 19.8. The highest BCUT2D eigenvalue weighted by Crippen LogP contribution is 2.25. The van der Waals surface area contributed by atoms with Gasteiger partial charge >= 0.3 is 0 Å². The molecule has 5 nitrogen and oxygen atoms in total. The number of benzene rings is 2. The third-order valence-corrected chi connectivity index (χ3v) is 5.50. The second-order valence-electron chi connectivity index (χ2n) is 7.45. The Kier molecular flexibility index (Phi) is 7.69. The van der Waals surface area contributed by atoms with Crippen LogP contribution in [-0.2, 0) is 0 Å². The van der Waals surface area contributed by atoms with Gasteiger partial charge in [0.15, 0.2) is 0 Å². The Labute approximate surface area is 184 Å². The van der Waals surface area contributed by atoms with E-state index in [0.29, 0.717) is 5.56 Å². The molecule has 1 amide bonds. The van der Waals surface area contributed by atoms with E-state index in [9.17, 15) is 4.79 Å². The van der Waals surface area contributed by atoms with Gasteiger partial charge in [0.2, 0.25) is 0 Å². The van der Waals surface area contributed by atoms with E-state index < -0.39 is 0 Å². The Balaban J connectivity index is 0.00000150. The van der Waals surface area contributed by atoms with Crippen LogP contribution < -0.4 is 5.73 Å². The van der Waals surface area contributed by atoms with Gasteiger partial charge in [-0.15, -0.1) is 24.8 Å². The second-order valence-corrected chi connectivity index (χ2v) is 7.45. The number of aryl methyl sites for hydroxylation is 1. The van der Waals surface area contributed by atoms with Crippen molar-refractivity contribution in [3.63, 3.8) is 0 Å². The molecule has 1 aromatic heterocycles. The van der Waals surface area contributed by atoms with Crippen molar-refractivity contribution < 1.29 is 4.79 Å². The molecule has 2 aromatic carbocycles. The zero-order valence-electron chi connectivity index (χ0n) is 16.7. The molecule has 2 unspecified atom stereocenters. The fourth-order valence-electron chi connectivity index (χ4n) is 4.16. The van der Waals surface area contributed by atoms with Gasteiger partial charge in [-0.05, 0) is 63.4 Å². The predicted octanol–water partition coefficient (Wildman–Crippen LogP) is 4.52. The number of piperidine rings is 1. The number of nitrogens with two attached hydrogens (primary N) is 1. The minimum Gasteiger partial charge on any atom is -0.334 e. The molecule has 1 fully saturated rings. The Morgan fingerprint density at radius 1 is 1.14 bits per heavy atom. The first-order valence-corrected chi connectivity index (χ1v) is 9.67. The molecule has 3 aromatic rings. The normalized spacial score (nSPS) is 17.3. The van der Waals surface area contributed by atoms with Crippen molar-refractivity contribution in [3.05, 3.63) is 59.9 Å². The van der Waals surface area contributed by atoms with E-state index in [4.69, 9.17) is 10.7 Å². The van der Waals surface area contributed by atoms with E-state index in [-0.39, 0.29) is 42.8 Å². The topological polar surface area (TPSA) is 64.2 Å². The summed E-state index contributed by atoms with van der Waals surface area (Å²) >= 11 is 0. The summed E-state index contributed by atoms with van der Waals surface area (Å²) in [6.07, 6.45) is 3.15. The molecular formula is C22H28Cl2N4O. The van der Waals surface area contributed by atoms with Gasteiger partial charge in [0.05, 0.1) is 11.0 Å². The van der Waals surface area contributed by atoms with Crippen LogP contribution in [0, 0.1) is 6.92 Å². The summed E-state index contributed by atoms with van der Waals surface area (Å²) in [5.74, 6) is 0.970. The Hall–Kier alpha value is -2.08. The van der Waals surface area contributed by atoms with Crippen molar-refractivity contribution in [2.75, 3.05) is 6.54 Å². The number of halogens is 2. The molecule has 156 valence electrons. The van der Waals surface area contributed by atoms with Gasteiger partial charge < -0.3 is 10.6 Å². The van der Waals surface area contributed by atoms with Gasteiger partial charge in [-0.3, -0.25) is 9.36 Å². The van der Waals surface area contributed by atoms with Crippen molar-refractivity contribution >= 4 is 41.8 Å². The smallest absolute Gasteiger partial charge is 0.254 e. The van der Waals surface area contributed by atoms with E-state index in [0.717, 1.165) is 48.4 Å². The number of para-hydroxylation sites is 1. The molecule has 0 saturated carbocycles. The summed E-state index contributed by atoms with van der Waals surface area (Å²) in [6.45, 7) is 4.76. The maximum absolute atomic E-state index is 13.2. The van der Waals surface area contributed by atoms with E-state index in [1.54, 1.807) is 0 Å². The quantitative estimate of drug-likeness (QED) is 0.658. The number of carbonyl (C=O) groups excluding carboxylic acids is 1. The predicted molar refractivity (Wildman–Crippen MR) is 123 cm³/mol. The van der Waals surface area contributed by atoms with Crippen LogP contribution in [0.1, 0.15) is 42.4 Å². The highest BCUT2D eigenvalue weighted by atomic mass is 35.5. The van der Waals surface area contributed by atoms with Gasteiger partial charge in [0.25, 0.3) is 5.91 Å². The van der Waals surface area contributed by atoms with Crippen LogP contribution >= 0.6 is 24.8 Å². The van der Waals surface area contributed by atoms with Gasteiger partial charge in [-0.25, -0.2) is 4.98 Å². The van der Waals surface area contributed by atoms with Crippen LogP contribution in [0.25, 0.3) is 16.7 Å². The van der Waals surface area contributed by atoms with Crippen LogP contribution in [0.3, 0.4) is 0 Å². The Morgan fingerprint density at radius 2 is 1.86 bits per heavy atom. The average Bonchev–Trinajstić information content (AvgIpc) is 3.02.